The van der Waals surface area contributed by atoms with Gasteiger partial charge in [0.2, 0.25) is 17.6 Å². The quantitative estimate of drug-likeness (QED) is 0.0909. The lowest BCUT2D eigenvalue weighted by Gasteiger charge is -2.08. The molecule has 1 aromatic heterocycles. The van der Waals surface area contributed by atoms with Crippen molar-refractivity contribution in [3.8, 4) is 0 Å². The van der Waals surface area contributed by atoms with Crippen molar-refractivity contribution < 1.29 is 4.84 Å². The van der Waals surface area contributed by atoms with Crippen molar-refractivity contribution in [2.75, 3.05) is 11.1 Å². The highest BCUT2D eigenvalue weighted by molar-refractivity contribution is 7.99. The van der Waals surface area contributed by atoms with Crippen molar-refractivity contribution in [3.05, 3.63) is 65.4 Å². The molecule has 0 aliphatic rings. The Morgan fingerprint density at radius 3 is 2.76 bits per heavy atom. The average Bonchev–Trinajstić information content (AvgIpc) is 2.82. The third-order valence-electron chi connectivity index (χ3n) is 4.70. The zero-order valence-electron chi connectivity index (χ0n) is 18.4. The van der Waals surface area contributed by atoms with E-state index < -0.39 is 0 Å². The molecule has 0 saturated carbocycles. The number of azo groups is 1. The molecule has 0 atom stereocenters. The predicted molar refractivity (Wildman–Crippen MR) is 137 cm³/mol. The van der Waals surface area contributed by atoms with Crippen LogP contribution in [-0.4, -0.2) is 27.1 Å². The number of hydrogen-bond donors (Lipinski definition) is 2. The number of aromatic nitrogens is 3. The maximum absolute atomic E-state index is 6.03. The van der Waals surface area contributed by atoms with E-state index in [0.29, 0.717) is 28.2 Å². The van der Waals surface area contributed by atoms with Crippen LogP contribution in [0.4, 0.5) is 28.7 Å². The first kappa shape index (κ1) is 23.6. The first-order valence-electron chi connectivity index (χ1n) is 10.3. The van der Waals surface area contributed by atoms with E-state index in [-0.39, 0.29) is 5.28 Å². The lowest BCUT2D eigenvalue weighted by molar-refractivity contribution is 0.338. The van der Waals surface area contributed by atoms with Crippen LogP contribution in [0.5, 0.6) is 0 Å². The standard InChI is InChI=1S/C23H21ClN8OS/c1-3-34-23-29-21(24)28-22(30-23)27-16-9-10-19(20(12-16)26-13-33-25)32-31-17-8-7-15-6-4-5-14(2)18(15)11-17/h4-13H,3,25H2,1-2H3,(H,27,28,29,30)/b26-13-,32-31?. The molecule has 9 nitrogen and oxygen atoms in total. The Bertz CT molecular complexity index is 1380. The van der Waals surface area contributed by atoms with Gasteiger partial charge in [-0.15, -0.1) is 5.11 Å². The molecule has 0 spiro atoms. The summed E-state index contributed by atoms with van der Waals surface area (Å²) in [5.41, 5.74) is 3.59. The molecule has 0 radical (unpaired) electrons. The summed E-state index contributed by atoms with van der Waals surface area (Å²) in [4.78, 5) is 21.3. The largest absolute Gasteiger partial charge is 0.399 e. The molecule has 0 aliphatic heterocycles. The molecule has 3 N–H and O–H groups in total. The number of fused-ring (bicyclic) bond motifs is 1. The van der Waals surface area contributed by atoms with Crippen LogP contribution < -0.4 is 11.2 Å². The number of aliphatic imine (C=N–C) groups is 1. The topological polar surface area (TPSA) is 123 Å². The molecular formula is C23H21ClN8OS. The Labute approximate surface area is 205 Å². The minimum atomic E-state index is 0.110. The van der Waals surface area contributed by atoms with Crippen LogP contribution >= 0.6 is 23.4 Å². The molecule has 0 aliphatic carbocycles. The van der Waals surface area contributed by atoms with E-state index in [1.54, 1.807) is 12.1 Å². The van der Waals surface area contributed by atoms with Crippen LogP contribution in [0.1, 0.15) is 12.5 Å². The number of nitrogens with zero attached hydrogens (tertiary/aromatic N) is 6. The maximum atomic E-state index is 6.03. The van der Waals surface area contributed by atoms with Crippen molar-refractivity contribution in [2.24, 2.45) is 21.1 Å². The van der Waals surface area contributed by atoms with E-state index >= 15 is 0 Å². The number of rotatable bonds is 8. The highest BCUT2D eigenvalue weighted by atomic mass is 35.5. The van der Waals surface area contributed by atoms with Gasteiger partial charge < -0.3 is 10.2 Å². The van der Waals surface area contributed by atoms with Crippen LogP contribution in [0.2, 0.25) is 5.28 Å². The first-order chi connectivity index (χ1) is 16.6. The molecular weight excluding hydrogens is 472 g/mol. The molecule has 34 heavy (non-hydrogen) atoms. The van der Waals surface area contributed by atoms with Crippen molar-refractivity contribution in [3.63, 3.8) is 0 Å². The van der Waals surface area contributed by atoms with Gasteiger partial charge in [-0.2, -0.15) is 26.0 Å². The lowest BCUT2D eigenvalue weighted by Crippen LogP contribution is -2.00. The van der Waals surface area contributed by atoms with Gasteiger partial charge in [0.1, 0.15) is 5.69 Å². The molecule has 0 amide bonds. The fourth-order valence-electron chi connectivity index (χ4n) is 3.18. The summed E-state index contributed by atoms with van der Waals surface area (Å²) >= 11 is 7.49. The van der Waals surface area contributed by atoms with Crippen molar-refractivity contribution in [1.29, 1.82) is 0 Å². The monoisotopic (exact) mass is 492 g/mol. The summed E-state index contributed by atoms with van der Waals surface area (Å²) in [5.74, 6) is 6.25. The van der Waals surface area contributed by atoms with Gasteiger partial charge in [0.25, 0.3) is 0 Å². The molecule has 3 aromatic carbocycles. The molecule has 4 aromatic rings. The van der Waals surface area contributed by atoms with E-state index in [1.165, 1.54) is 17.3 Å². The third kappa shape index (κ3) is 5.84. The summed E-state index contributed by atoms with van der Waals surface area (Å²) in [7, 11) is 0. The minimum Gasteiger partial charge on any atom is -0.399 e. The second-order valence-corrected chi connectivity index (χ2v) is 8.59. The second-order valence-electron chi connectivity index (χ2n) is 7.02. The van der Waals surface area contributed by atoms with Crippen LogP contribution in [-0.2, 0) is 4.84 Å². The third-order valence-corrected chi connectivity index (χ3v) is 5.60. The van der Waals surface area contributed by atoms with E-state index in [9.17, 15) is 0 Å². The number of thioether (sulfide) groups is 1. The van der Waals surface area contributed by atoms with Gasteiger partial charge in [-0.25, -0.2) is 4.99 Å². The van der Waals surface area contributed by atoms with Crippen LogP contribution in [0.15, 0.2) is 75.0 Å². The maximum Gasteiger partial charge on any atom is 0.232 e. The molecule has 0 unspecified atom stereocenters. The van der Waals surface area contributed by atoms with Crippen LogP contribution in [0.25, 0.3) is 10.8 Å². The van der Waals surface area contributed by atoms with Crippen LogP contribution in [0, 0.1) is 6.92 Å². The number of halogens is 1. The highest BCUT2D eigenvalue weighted by Gasteiger charge is 2.08. The molecule has 1 heterocycles. The predicted octanol–water partition coefficient (Wildman–Crippen LogP) is 6.81. The number of aryl methyl sites for hydroxylation is 1. The van der Waals surface area contributed by atoms with Gasteiger partial charge in [-0.1, -0.05) is 43.0 Å². The SMILES string of the molecule is CCSc1nc(Cl)nc(Nc2ccc(N=Nc3ccc4cccc(C)c4c3)c(/N=C\ON)c2)n1. The normalized spacial score (nSPS) is 11.5. The Balaban J connectivity index is 1.62. The molecule has 4 rings (SSSR count). The molecule has 0 saturated heterocycles. The van der Waals surface area contributed by atoms with Crippen molar-refractivity contribution in [2.45, 2.75) is 19.0 Å². The number of hydrogen-bond acceptors (Lipinski definition) is 10. The fourth-order valence-corrected chi connectivity index (χ4v) is 3.95. The van der Waals surface area contributed by atoms with Gasteiger partial charge in [-0.3, -0.25) is 0 Å². The Kier molecular flexibility index (Phi) is 7.63. The van der Waals surface area contributed by atoms with E-state index in [4.69, 9.17) is 17.5 Å². The molecule has 0 fully saturated rings. The Morgan fingerprint density at radius 2 is 1.94 bits per heavy atom. The van der Waals surface area contributed by atoms with Gasteiger partial charge in [0.15, 0.2) is 5.16 Å². The first-order valence-corrected chi connectivity index (χ1v) is 11.7. The average molecular weight is 493 g/mol. The Hall–Kier alpha value is -3.60. The van der Waals surface area contributed by atoms with Gasteiger partial charge in [0, 0.05) is 5.69 Å². The number of nitrogens with one attached hydrogen (secondary N) is 1. The summed E-state index contributed by atoms with van der Waals surface area (Å²) < 4.78 is 0. The van der Waals surface area contributed by atoms with E-state index in [2.05, 4.69) is 59.4 Å². The second kappa shape index (κ2) is 11.0. The number of benzene rings is 3. The highest BCUT2D eigenvalue weighted by Crippen LogP contribution is 2.34. The summed E-state index contributed by atoms with van der Waals surface area (Å²) in [6, 6.07) is 17.4. The van der Waals surface area contributed by atoms with Crippen molar-refractivity contribution in [1.82, 2.24) is 15.0 Å². The molecule has 172 valence electrons. The minimum absolute atomic E-state index is 0.110. The zero-order valence-corrected chi connectivity index (χ0v) is 20.0. The summed E-state index contributed by atoms with van der Waals surface area (Å²) in [5, 5.41) is 14.8. The van der Waals surface area contributed by atoms with Gasteiger partial charge in [-0.05, 0) is 70.9 Å². The lowest BCUT2D eigenvalue weighted by atomic mass is 10.1. The number of nitrogens with two attached hydrogens (primary N) is 1. The number of anilines is 2. The Morgan fingerprint density at radius 1 is 1.06 bits per heavy atom. The molecule has 0 bridgehead atoms. The van der Waals surface area contributed by atoms with Crippen molar-refractivity contribution >= 4 is 69.2 Å². The van der Waals surface area contributed by atoms with E-state index in [1.807, 2.05) is 37.3 Å². The van der Waals surface area contributed by atoms with Crippen LogP contribution in [0.3, 0.4) is 0 Å². The van der Waals surface area contributed by atoms with Gasteiger partial charge in [0.05, 0.1) is 11.4 Å². The zero-order chi connectivity index (χ0) is 23.9. The fraction of sp³-hybridized carbons (Fsp3) is 0.130. The summed E-state index contributed by atoms with van der Waals surface area (Å²) in [6.07, 6.45) is 1.12. The smallest absolute Gasteiger partial charge is 0.232 e. The summed E-state index contributed by atoms with van der Waals surface area (Å²) in [6.45, 7) is 4.07. The van der Waals surface area contributed by atoms with Gasteiger partial charge >= 0.3 is 0 Å². The molecule has 11 heteroatoms. The van der Waals surface area contributed by atoms with E-state index in [0.717, 1.165) is 28.6 Å².